The van der Waals surface area contributed by atoms with E-state index in [9.17, 15) is 18.0 Å². The Morgan fingerprint density at radius 1 is 1.48 bits per heavy atom. The second kappa shape index (κ2) is 5.61. The lowest BCUT2D eigenvalue weighted by Gasteiger charge is -2.36. The molecular weight excluding hydrogens is 287 g/mol. The summed E-state index contributed by atoms with van der Waals surface area (Å²) in [6.07, 6.45) is -4.53. The Balaban J connectivity index is 2.43. The number of nitrogens with zero attached hydrogens (tertiary/aromatic N) is 2. The molecule has 0 spiro atoms. The second-order valence-electron chi connectivity index (χ2n) is 4.53. The number of hydrogen-bond acceptors (Lipinski definition) is 4. The van der Waals surface area contributed by atoms with Gasteiger partial charge < -0.3 is 15.4 Å². The quantitative estimate of drug-likeness (QED) is 0.892. The van der Waals surface area contributed by atoms with Gasteiger partial charge in [0.15, 0.2) is 0 Å². The Kier molecular flexibility index (Phi) is 4.04. The number of morpholine rings is 1. The molecule has 1 aliphatic heterocycles. The Hall–Kier alpha value is -2.27. The Labute approximate surface area is 118 Å². The van der Waals surface area contributed by atoms with Crippen LogP contribution in [0.4, 0.5) is 18.9 Å². The van der Waals surface area contributed by atoms with Crippen LogP contribution in [0.2, 0.25) is 0 Å². The van der Waals surface area contributed by atoms with Gasteiger partial charge in [0.1, 0.15) is 12.1 Å². The number of hydrogen-bond donors (Lipinski definition) is 1. The van der Waals surface area contributed by atoms with Gasteiger partial charge in [-0.25, -0.2) is 0 Å². The van der Waals surface area contributed by atoms with Crippen LogP contribution in [-0.2, 0) is 15.7 Å². The van der Waals surface area contributed by atoms with E-state index in [4.69, 9.17) is 15.7 Å². The molecule has 1 aliphatic rings. The number of nitriles is 1. The van der Waals surface area contributed by atoms with E-state index in [1.807, 2.05) is 0 Å². The standard InChI is InChI=1S/C13H12F3N3O2/c14-13(15,16)9-1-2-10(8(5-9)6-17)19-3-4-21-7-11(19)12(18)20/h1-2,5,11H,3-4,7H2,(H2,18,20). The maximum absolute atomic E-state index is 12.7. The molecule has 112 valence electrons. The number of rotatable bonds is 2. The molecule has 1 unspecified atom stereocenters. The van der Waals surface area contributed by atoms with Crippen LogP contribution in [0.3, 0.4) is 0 Å². The lowest BCUT2D eigenvalue weighted by molar-refractivity contribution is -0.137. The first kappa shape index (κ1) is 15.1. The number of primary amides is 1. The van der Waals surface area contributed by atoms with Crippen LogP contribution >= 0.6 is 0 Å². The van der Waals surface area contributed by atoms with Crippen molar-refractivity contribution < 1.29 is 22.7 Å². The highest BCUT2D eigenvalue weighted by molar-refractivity contribution is 5.84. The summed E-state index contributed by atoms with van der Waals surface area (Å²) in [4.78, 5) is 12.9. The number of carbonyl (C=O) groups is 1. The maximum Gasteiger partial charge on any atom is 0.416 e. The van der Waals surface area contributed by atoms with Gasteiger partial charge in [-0.05, 0) is 18.2 Å². The van der Waals surface area contributed by atoms with Crippen molar-refractivity contribution in [3.63, 3.8) is 0 Å². The van der Waals surface area contributed by atoms with Gasteiger partial charge in [0.05, 0.1) is 30.0 Å². The summed E-state index contributed by atoms with van der Waals surface area (Å²) in [6.45, 7) is 0.616. The molecule has 2 rings (SSSR count). The predicted octanol–water partition coefficient (Wildman–Crippen LogP) is 1.27. The fourth-order valence-electron chi connectivity index (χ4n) is 2.18. The summed E-state index contributed by atoms with van der Waals surface area (Å²) in [5, 5.41) is 9.07. The highest BCUT2D eigenvalue weighted by atomic mass is 19.4. The van der Waals surface area contributed by atoms with Gasteiger partial charge in [-0.3, -0.25) is 4.79 Å². The first-order valence-corrected chi connectivity index (χ1v) is 6.09. The van der Waals surface area contributed by atoms with Crippen molar-refractivity contribution in [3.05, 3.63) is 29.3 Å². The number of alkyl halides is 3. The second-order valence-corrected chi connectivity index (χ2v) is 4.53. The zero-order valence-corrected chi connectivity index (χ0v) is 10.9. The predicted molar refractivity (Wildman–Crippen MR) is 67.3 cm³/mol. The molecule has 21 heavy (non-hydrogen) atoms. The fourth-order valence-corrected chi connectivity index (χ4v) is 2.18. The molecule has 1 aromatic carbocycles. The average molecular weight is 299 g/mol. The molecule has 1 aromatic rings. The molecule has 1 fully saturated rings. The van der Waals surface area contributed by atoms with Gasteiger partial charge in [0.2, 0.25) is 5.91 Å². The molecule has 1 amide bonds. The monoisotopic (exact) mass is 299 g/mol. The number of halogens is 3. The van der Waals surface area contributed by atoms with Gasteiger partial charge in [0, 0.05) is 6.54 Å². The van der Waals surface area contributed by atoms with Crippen LogP contribution < -0.4 is 10.6 Å². The molecule has 1 heterocycles. The fraction of sp³-hybridized carbons (Fsp3) is 0.385. The molecule has 0 aliphatic carbocycles. The molecule has 1 atom stereocenters. The van der Waals surface area contributed by atoms with Crippen molar-refractivity contribution in [2.75, 3.05) is 24.7 Å². The lowest BCUT2D eigenvalue weighted by atomic mass is 10.1. The number of amides is 1. The maximum atomic E-state index is 12.7. The van der Waals surface area contributed by atoms with E-state index in [-0.39, 0.29) is 24.4 Å². The highest BCUT2D eigenvalue weighted by Gasteiger charge is 2.33. The molecular formula is C13H12F3N3O2. The summed E-state index contributed by atoms with van der Waals surface area (Å²) in [5.41, 5.74) is 4.44. The van der Waals surface area contributed by atoms with Crippen LogP contribution in [0.15, 0.2) is 18.2 Å². The van der Waals surface area contributed by atoms with Crippen LogP contribution in [0.25, 0.3) is 0 Å². The first-order chi connectivity index (χ1) is 9.84. The zero-order valence-electron chi connectivity index (χ0n) is 10.9. The van der Waals surface area contributed by atoms with Gasteiger partial charge in [-0.15, -0.1) is 0 Å². The Morgan fingerprint density at radius 2 is 2.19 bits per heavy atom. The van der Waals surface area contributed by atoms with Gasteiger partial charge in [-0.2, -0.15) is 18.4 Å². The summed E-state index contributed by atoms with van der Waals surface area (Å²) in [7, 11) is 0. The minimum atomic E-state index is -4.53. The van der Waals surface area contributed by atoms with E-state index in [0.717, 1.165) is 12.1 Å². The summed E-state index contributed by atoms with van der Waals surface area (Å²) < 4.78 is 43.1. The van der Waals surface area contributed by atoms with Gasteiger partial charge >= 0.3 is 6.18 Å². The SMILES string of the molecule is N#Cc1cc(C(F)(F)F)ccc1N1CCOCC1C(N)=O. The van der Waals surface area contributed by atoms with E-state index < -0.39 is 23.7 Å². The Bertz CT molecular complexity index is 595. The van der Waals surface area contributed by atoms with E-state index in [1.54, 1.807) is 6.07 Å². The Morgan fingerprint density at radius 3 is 2.76 bits per heavy atom. The molecule has 0 bridgehead atoms. The molecule has 8 heteroatoms. The van der Waals surface area contributed by atoms with Crippen molar-refractivity contribution in [1.82, 2.24) is 0 Å². The van der Waals surface area contributed by atoms with Crippen molar-refractivity contribution in [2.45, 2.75) is 12.2 Å². The molecule has 5 nitrogen and oxygen atoms in total. The van der Waals surface area contributed by atoms with Crippen molar-refractivity contribution in [3.8, 4) is 6.07 Å². The topological polar surface area (TPSA) is 79.3 Å². The minimum absolute atomic E-state index is 0.0429. The molecule has 0 radical (unpaired) electrons. The van der Waals surface area contributed by atoms with E-state index >= 15 is 0 Å². The van der Waals surface area contributed by atoms with E-state index in [1.165, 1.54) is 11.0 Å². The normalized spacial score (nSPS) is 19.1. The van der Waals surface area contributed by atoms with Crippen LogP contribution in [0, 0.1) is 11.3 Å². The zero-order chi connectivity index (χ0) is 15.6. The van der Waals surface area contributed by atoms with E-state index in [2.05, 4.69) is 0 Å². The minimum Gasteiger partial charge on any atom is -0.377 e. The average Bonchev–Trinajstić information content (AvgIpc) is 2.45. The summed E-state index contributed by atoms with van der Waals surface area (Å²) in [6, 6.07) is 3.76. The highest BCUT2D eigenvalue weighted by Crippen LogP contribution is 2.33. The lowest BCUT2D eigenvalue weighted by Crippen LogP contribution is -2.52. The number of ether oxygens (including phenoxy) is 1. The third-order valence-electron chi connectivity index (χ3n) is 3.21. The first-order valence-electron chi connectivity index (χ1n) is 6.09. The summed E-state index contributed by atoms with van der Waals surface area (Å²) >= 11 is 0. The van der Waals surface area contributed by atoms with Gasteiger partial charge in [0.25, 0.3) is 0 Å². The smallest absolute Gasteiger partial charge is 0.377 e. The summed E-state index contributed by atoms with van der Waals surface area (Å²) in [5.74, 6) is -0.654. The van der Waals surface area contributed by atoms with Crippen LogP contribution in [0.5, 0.6) is 0 Å². The van der Waals surface area contributed by atoms with Crippen LogP contribution in [-0.4, -0.2) is 31.7 Å². The van der Waals surface area contributed by atoms with Crippen molar-refractivity contribution in [1.29, 1.82) is 5.26 Å². The van der Waals surface area contributed by atoms with E-state index in [0.29, 0.717) is 6.61 Å². The van der Waals surface area contributed by atoms with Crippen LogP contribution in [0.1, 0.15) is 11.1 Å². The molecule has 1 saturated heterocycles. The number of anilines is 1. The molecule has 0 aromatic heterocycles. The van der Waals surface area contributed by atoms with Crippen molar-refractivity contribution in [2.24, 2.45) is 5.73 Å². The number of benzene rings is 1. The van der Waals surface area contributed by atoms with Crippen molar-refractivity contribution >= 4 is 11.6 Å². The molecule has 0 saturated carbocycles. The molecule has 2 N–H and O–H groups in total. The largest absolute Gasteiger partial charge is 0.416 e. The number of nitrogens with two attached hydrogens (primary N) is 1. The third kappa shape index (κ3) is 3.08. The number of carbonyl (C=O) groups excluding carboxylic acids is 1. The third-order valence-corrected chi connectivity index (χ3v) is 3.21. The van der Waals surface area contributed by atoms with Gasteiger partial charge in [-0.1, -0.05) is 0 Å².